The summed E-state index contributed by atoms with van der Waals surface area (Å²) in [5, 5.41) is 15.4. The number of aryl methyl sites for hydroxylation is 2. The fourth-order valence-electron chi connectivity index (χ4n) is 1.51. The van der Waals surface area contributed by atoms with Gasteiger partial charge in [-0.2, -0.15) is 10.4 Å². The lowest BCUT2D eigenvalue weighted by Gasteiger charge is -2.05. The Kier molecular flexibility index (Phi) is 3.06. The van der Waals surface area contributed by atoms with E-state index in [0.717, 1.165) is 5.69 Å². The summed E-state index contributed by atoms with van der Waals surface area (Å²) in [6.07, 6.45) is 1.40. The van der Waals surface area contributed by atoms with Gasteiger partial charge in [-0.1, -0.05) is 6.07 Å². The molecule has 0 unspecified atom stereocenters. The van der Waals surface area contributed by atoms with Crippen molar-refractivity contribution in [1.82, 2.24) is 14.8 Å². The number of nitrogens with one attached hydrogen (secondary N) is 1. The van der Waals surface area contributed by atoms with E-state index >= 15 is 0 Å². The van der Waals surface area contributed by atoms with E-state index in [2.05, 4.69) is 15.4 Å². The number of pyridine rings is 1. The second-order valence-electron chi connectivity index (χ2n) is 3.76. The van der Waals surface area contributed by atoms with Gasteiger partial charge in [-0.05, 0) is 19.1 Å². The number of nitrogens with zero attached hydrogens (tertiary/aromatic N) is 4. The van der Waals surface area contributed by atoms with Gasteiger partial charge in [0, 0.05) is 12.7 Å². The summed E-state index contributed by atoms with van der Waals surface area (Å²) in [6.45, 7) is 1.81. The van der Waals surface area contributed by atoms with Crippen molar-refractivity contribution in [3.8, 4) is 6.07 Å². The third kappa shape index (κ3) is 2.20. The molecule has 0 spiro atoms. The number of carbonyl (C=O) groups is 1. The van der Waals surface area contributed by atoms with Gasteiger partial charge in [0.1, 0.15) is 23.1 Å². The maximum atomic E-state index is 12.0. The van der Waals surface area contributed by atoms with Gasteiger partial charge in [0.15, 0.2) is 0 Å². The average Bonchev–Trinajstić information content (AvgIpc) is 2.70. The van der Waals surface area contributed by atoms with Gasteiger partial charge < -0.3 is 5.32 Å². The molecule has 1 N–H and O–H groups in total. The Labute approximate surface area is 104 Å². The van der Waals surface area contributed by atoms with Crippen LogP contribution in [0.15, 0.2) is 24.4 Å². The molecule has 2 aromatic rings. The van der Waals surface area contributed by atoms with Crippen LogP contribution < -0.4 is 5.32 Å². The fourth-order valence-corrected chi connectivity index (χ4v) is 1.51. The van der Waals surface area contributed by atoms with Gasteiger partial charge in [0.05, 0.1) is 6.20 Å². The predicted octanol–water partition coefficient (Wildman–Crippen LogP) is 1.25. The van der Waals surface area contributed by atoms with Crippen LogP contribution in [0.2, 0.25) is 0 Å². The second-order valence-corrected chi connectivity index (χ2v) is 3.76. The quantitative estimate of drug-likeness (QED) is 0.857. The maximum Gasteiger partial charge on any atom is 0.275 e. The smallest absolute Gasteiger partial charge is 0.275 e. The monoisotopic (exact) mass is 241 g/mol. The number of hydrogen-bond donors (Lipinski definition) is 1. The molecular formula is C12H11N5O. The van der Waals surface area contributed by atoms with Crippen LogP contribution in [-0.2, 0) is 7.05 Å². The van der Waals surface area contributed by atoms with Crippen LogP contribution in [0.25, 0.3) is 0 Å². The number of aromatic nitrogens is 3. The number of carbonyl (C=O) groups excluding carboxylic acids is 1. The number of rotatable bonds is 2. The topological polar surface area (TPSA) is 83.6 Å². The van der Waals surface area contributed by atoms with E-state index in [9.17, 15) is 4.79 Å². The summed E-state index contributed by atoms with van der Waals surface area (Å²) in [5.74, 6) is 0.00426. The maximum absolute atomic E-state index is 12.0. The molecule has 1 amide bonds. The number of anilines is 1. The number of hydrogen-bond acceptors (Lipinski definition) is 4. The second kappa shape index (κ2) is 4.67. The largest absolute Gasteiger partial charge is 0.304 e. The summed E-state index contributed by atoms with van der Waals surface area (Å²) >= 11 is 0. The first-order valence-electron chi connectivity index (χ1n) is 5.29. The zero-order chi connectivity index (χ0) is 13.1. The van der Waals surface area contributed by atoms with Crippen molar-refractivity contribution in [1.29, 1.82) is 5.26 Å². The van der Waals surface area contributed by atoms with Crippen LogP contribution in [0.3, 0.4) is 0 Å². The molecular weight excluding hydrogens is 230 g/mol. The van der Waals surface area contributed by atoms with Crippen LogP contribution in [0.1, 0.15) is 21.7 Å². The summed E-state index contributed by atoms with van der Waals surface area (Å²) < 4.78 is 1.44. The normalized spacial score (nSPS) is 9.83. The Morgan fingerprint density at radius 3 is 2.94 bits per heavy atom. The molecule has 0 aliphatic heterocycles. The highest BCUT2D eigenvalue weighted by molar-refractivity contribution is 6.03. The van der Waals surface area contributed by atoms with E-state index in [1.54, 1.807) is 19.2 Å². The molecule has 18 heavy (non-hydrogen) atoms. The van der Waals surface area contributed by atoms with Gasteiger partial charge in [0.25, 0.3) is 5.91 Å². The molecule has 0 saturated heterocycles. The van der Waals surface area contributed by atoms with Crippen LogP contribution in [0.4, 0.5) is 5.82 Å². The van der Waals surface area contributed by atoms with Crippen molar-refractivity contribution in [3.05, 3.63) is 41.3 Å². The molecule has 2 rings (SSSR count). The van der Waals surface area contributed by atoms with Crippen molar-refractivity contribution in [2.75, 3.05) is 5.32 Å². The van der Waals surface area contributed by atoms with E-state index in [4.69, 9.17) is 5.26 Å². The van der Waals surface area contributed by atoms with E-state index in [-0.39, 0.29) is 5.91 Å². The molecule has 0 radical (unpaired) electrons. The Morgan fingerprint density at radius 2 is 2.28 bits per heavy atom. The minimum atomic E-state index is -0.362. The minimum Gasteiger partial charge on any atom is -0.304 e. The molecule has 90 valence electrons. The van der Waals surface area contributed by atoms with Crippen molar-refractivity contribution in [2.24, 2.45) is 7.05 Å². The van der Waals surface area contributed by atoms with Gasteiger partial charge in [-0.25, -0.2) is 4.98 Å². The lowest BCUT2D eigenvalue weighted by molar-refractivity contribution is 0.102. The number of nitriles is 1. The van der Waals surface area contributed by atoms with E-state index in [1.807, 2.05) is 19.1 Å². The molecule has 0 aliphatic rings. The van der Waals surface area contributed by atoms with Crippen LogP contribution in [-0.4, -0.2) is 20.7 Å². The first-order valence-corrected chi connectivity index (χ1v) is 5.29. The molecule has 6 heteroatoms. The molecule has 2 heterocycles. The molecule has 0 bridgehead atoms. The highest BCUT2D eigenvalue weighted by atomic mass is 16.2. The van der Waals surface area contributed by atoms with E-state index in [1.165, 1.54) is 10.9 Å². The Balaban J connectivity index is 2.27. The highest BCUT2D eigenvalue weighted by Crippen LogP contribution is 2.13. The number of amides is 1. The van der Waals surface area contributed by atoms with Crippen molar-refractivity contribution < 1.29 is 4.79 Å². The first kappa shape index (κ1) is 11.8. The summed E-state index contributed by atoms with van der Waals surface area (Å²) in [4.78, 5) is 16.1. The zero-order valence-corrected chi connectivity index (χ0v) is 10.0. The lowest BCUT2D eigenvalue weighted by atomic mass is 10.3. The standard InChI is InChI=1S/C12H11N5O/c1-8-4-3-5-10(15-8)12(18)16-11-9(6-13)7-14-17(11)2/h3-5,7H,1-2H3,(H,16,18). The van der Waals surface area contributed by atoms with Crippen molar-refractivity contribution in [3.63, 3.8) is 0 Å². The van der Waals surface area contributed by atoms with E-state index < -0.39 is 0 Å². The Morgan fingerprint density at radius 1 is 1.50 bits per heavy atom. The van der Waals surface area contributed by atoms with Gasteiger partial charge >= 0.3 is 0 Å². The van der Waals surface area contributed by atoms with Crippen molar-refractivity contribution >= 4 is 11.7 Å². The third-order valence-electron chi connectivity index (χ3n) is 2.41. The van der Waals surface area contributed by atoms with Gasteiger partial charge in [0.2, 0.25) is 0 Å². The molecule has 0 aliphatic carbocycles. The fraction of sp³-hybridized carbons (Fsp3) is 0.167. The SMILES string of the molecule is Cc1cccc(C(=O)Nc2c(C#N)cnn2C)n1. The minimum absolute atomic E-state index is 0.306. The molecule has 0 aromatic carbocycles. The summed E-state index contributed by atoms with van der Waals surface area (Å²) in [6, 6.07) is 7.14. The Bertz CT molecular complexity index is 638. The van der Waals surface area contributed by atoms with Crippen molar-refractivity contribution in [2.45, 2.75) is 6.92 Å². The lowest BCUT2D eigenvalue weighted by Crippen LogP contribution is -2.17. The van der Waals surface area contributed by atoms with Gasteiger partial charge in [-0.15, -0.1) is 0 Å². The Hall–Kier alpha value is -2.68. The molecule has 0 fully saturated rings. The molecule has 0 atom stereocenters. The molecule has 0 saturated carbocycles. The zero-order valence-electron chi connectivity index (χ0n) is 10.0. The highest BCUT2D eigenvalue weighted by Gasteiger charge is 2.13. The van der Waals surface area contributed by atoms with Crippen LogP contribution in [0.5, 0.6) is 0 Å². The molecule has 6 nitrogen and oxygen atoms in total. The van der Waals surface area contributed by atoms with E-state index in [0.29, 0.717) is 17.1 Å². The van der Waals surface area contributed by atoms with Crippen LogP contribution >= 0.6 is 0 Å². The average molecular weight is 241 g/mol. The predicted molar refractivity (Wildman–Crippen MR) is 64.9 cm³/mol. The molecule has 2 aromatic heterocycles. The van der Waals surface area contributed by atoms with Gasteiger partial charge in [-0.3, -0.25) is 9.48 Å². The first-order chi connectivity index (χ1) is 8.61. The van der Waals surface area contributed by atoms with Crippen LogP contribution in [0, 0.1) is 18.3 Å². The summed E-state index contributed by atoms with van der Waals surface area (Å²) in [7, 11) is 1.65. The summed E-state index contributed by atoms with van der Waals surface area (Å²) in [5.41, 5.74) is 1.38. The third-order valence-corrected chi connectivity index (χ3v) is 2.41.